The predicted molar refractivity (Wildman–Crippen MR) is 56.5 cm³/mol. The van der Waals surface area contributed by atoms with E-state index in [1.165, 1.54) is 0 Å². The van der Waals surface area contributed by atoms with Gasteiger partial charge in [-0.1, -0.05) is 0 Å². The Morgan fingerprint density at radius 1 is 0.833 bits per heavy atom. The molecule has 0 heterocycles. The first-order valence-corrected chi connectivity index (χ1v) is 4.50. The van der Waals surface area contributed by atoms with E-state index in [0.717, 1.165) is 12.2 Å². The minimum atomic E-state index is -0.886. The number of carbonyl (C=O) groups excluding carboxylic acids is 4. The zero-order valence-corrected chi connectivity index (χ0v) is 9.17. The first-order valence-electron chi connectivity index (χ1n) is 4.50. The molecule has 0 unspecified atom stereocenters. The zero-order chi connectivity index (χ0) is 14.0. The lowest BCUT2D eigenvalue weighted by Crippen LogP contribution is -2.32. The maximum atomic E-state index is 10.9. The average molecular weight is 260 g/mol. The summed E-state index contributed by atoms with van der Waals surface area (Å²) >= 11 is 0. The van der Waals surface area contributed by atoms with Gasteiger partial charge in [-0.3, -0.25) is 0 Å². The maximum Gasteiger partial charge on any atom is 0.332 e. The van der Waals surface area contributed by atoms with Gasteiger partial charge in [0.25, 0.3) is 0 Å². The van der Waals surface area contributed by atoms with Crippen LogP contribution in [0, 0.1) is 0 Å². The highest BCUT2D eigenvalue weighted by Gasteiger charge is 2.01. The number of hydrogen-bond acceptors (Lipinski definition) is 6. The number of nitrogens with one attached hydrogen (secondary N) is 2. The third-order valence-electron chi connectivity index (χ3n) is 1.28. The Morgan fingerprint density at radius 3 is 1.44 bits per heavy atom. The molecule has 0 aromatic rings. The molecular weight excluding hydrogens is 248 g/mol. The fraction of sp³-hybridized carbons (Fsp3) is 0.250. The lowest BCUT2D eigenvalue weighted by molar-refractivity contribution is -0.140. The van der Waals surface area contributed by atoms with Crippen LogP contribution in [0.4, 0.5) is 9.59 Å². The van der Waals surface area contributed by atoms with Crippen LogP contribution in [0.3, 0.4) is 0 Å². The molecule has 0 aliphatic rings. The molecule has 0 fully saturated rings. The maximum absolute atomic E-state index is 10.9. The first kappa shape index (κ1) is 15.2. The van der Waals surface area contributed by atoms with Crippen LogP contribution >= 0.6 is 0 Å². The number of amides is 4. The topological polar surface area (TPSA) is 163 Å². The van der Waals surface area contributed by atoms with Gasteiger partial charge in [-0.25, -0.2) is 19.2 Å². The fourth-order valence-corrected chi connectivity index (χ4v) is 0.589. The standard InChI is InChI=1S/C8H12N4O6/c9-7(15)11-3-17-5(13)1-2-6(14)18-4-12-8(10)16/h1-2H,3-4H2,(H3,9,11,15)(H3,10,12,16)/b2-1+. The van der Waals surface area contributed by atoms with Crippen LogP contribution in [0.15, 0.2) is 12.2 Å². The number of ether oxygens (including phenoxy) is 2. The molecule has 0 atom stereocenters. The van der Waals surface area contributed by atoms with Gasteiger partial charge in [-0.05, 0) is 0 Å². The van der Waals surface area contributed by atoms with Crippen molar-refractivity contribution in [2.24, 2.45) is 11.5 Å². The predicted octanol–water partition coefficient (Wildman–Crippen LogP) is -2.12. The number of rotatable bonds is 6. The minimum absolute atomic E-state index is 0.420. The van der Waals surface area contributed by atoms with Gasteiger partial charge in [0.1, 0.15) is 0 Å². The summed E-state index contributed by atoms with van der Waals surface area (Å²) in [6.07, 6.45) is 1.55. The van der Waals surface area contributed by atoms with Crippen molar-refractivity contribution >= 4 is 24.0 Å². The number of primary amides is 2. The Morgan fingerprint density at radius 2 is 1.17 bits per heavy atom. The van der Waals surface area contributed by atoms with Gasteiger partial charge in [-0.15, -0.1) is 0 Å². The molecule has 0 saturated heterocycles. The smallest absolute Gasteiger partial charge is 0.332 e. The molecule has 10 nitrogen and oxygen atoms in total. The Kier molecular flexibility index (Phi) is 7.09. The van der Waals surface area contributed by atoms with E-state index in [-0.39, 0.29) is 0 Å². The van der Waals surface area contributed by atoms with Crippen LogP contribution in [0.5, 0.6) is 0 Å². The van der Waals surface area contributed by atoms with E-state index >= 15 is 0 Å². The summed E-state index contributed by atoms with van der Waals surface area (Å²) < 4.78 is 8.82. The third kappa shape index (κ3) is 9.76. The second kappa shape index (κ2) is 8.38. The van der Waals surface area contributed by atoms with Crippen molar-refractivity contribution in [3.05, 3.63) is 12.2 Å². The SMILES string of the molecule is NC(=O)NCOC(=O)/C=C/C(=O)OCNC(N)=O. The van der Waals surface area contributed by atoms with Gasteiger partial charge in [-0.2, -0.15) is 0 Å². The first-order chi connectivity index (χ1) is 8.41. The Labute approximate surface area is 101 Å². The van der Waals surface area contributed by atoms with Gasteiger partial charge in [0.15, 0.2) is 13.5 Å². The molecule has 10 heteroatoms. The van der Waals surface area contributed by atoms with Crippen molar-refractivity contribution in [1.29, 1.82) is 0 Å². The summed E-state index contributed by atoms with van der Waals surface area (Å²) in [5.74, 6) is -1.77. The van der Waals surface area contributed by atoms with Crippen molar-refractivity contribution < 1.29 is 28.7 Å². The van der Waals surface area contributed by atoms with Gasteiger partial charge in [0.05, 0.1) is 0 Å². The third-order valence-corrected chi connectivity index (χ3v) is 1.28. The number of hydrogen-bond donors (Lipinski definition) is 4. The van der Waals surface area contributed by atoms with Crippen LogP contribution < -0.4 is 22.1 Å². The number of esters is 2. The monoisotopic (exact) mass is 260 g/mol. The highest BCUT2D eigenvalue weighted by molar-refractivity contribution is 5.91. The molecule has 0 aromatic heterocycles. The van der Waals surface area contributed by atoms with Crippen LogP contribution in [-0.4, -0.2) is 37.5 Å². The van der Waals surface area contributed by atoms with Crippen molar-refractivity contribution in [3.8, 4) is 0 Å². The second-order valence-electron chi connectivity index (χ2n) is 2.63. The van der Waals surface area contributed by atoms with E-state index in [4.69, 9.17) is 11.5 Å². The number of nitrogens with two attached hydrogens (primary N) is 2. The summed E-state index contributed by atoms with van der Waals surface area (Å²) in [5.41, 5.74) is 9.40. The lowest BCUT2D eigenvalue weighted by Gasteiger charge is -2.02. The molecule has 0 radical (unpaired) electrons. The summed E-state index contributed by atoms with van der Waals surface area (Å²) in [5, 5.41) is 3.99. The van der Waals surface area contributed by atoms with Gasteiger partial charge < -0.3 is 31.6 Å². The fourth-order valence-electron chi connectivity index (χ4n) is 0.589. The molecule has 0 aliphatic carbocycles. The molecule has 0 aliphatic heterocycles. The Hall–Kier alpha value is -2.78. The van der Waals surface area contributed by atoms with Crippen LogP contribution in [0.25, 0.3) is 0 Å². The molecule has 0 aromatic carbocycles. The molecule has 0 rings (SSSR count). The zero-order valence-electron chi connectivity index (χ0n) is 9.17. The van der Waals surface area contributed by atoms with Crippen molar-refractivity contribution in [2.45, 2.75) is 0 Å². The van der Waals surface area contributed by atoms with E-state index in [0.29, 0.717) is 0 Å². The molecule has 6 N–H and O–H groups in total. The molecule has 0 saturated carbocycles. The average Bonchev–Trinajstić information content (AvgIpc) is 2.25. The molecular formula is C8H12N4O6. The lowest BCUT2D eigenvalue weighted by atomic mass is 10.5. The summed E-state index contributed by atoms with van der Waals surface area (Å²) in [6, 6.07) is -1.72. The van der Waals surface area contributed by atoms with Gasteiger partial charge >= 0.3 is 24.0 Å². The Balaban J connectivity index is 3.77. The van der Waals surface area contributed by atoms with Crippen LogP contribution in [0.2, 0.25) is 0 Å². The summed E-state index contributed by atoms with van der Waals surface area (Å²) in [7, 11) is 0. The Bertz CT molecular complexity index is 333. The van der Waals surface area contributed by atoms with Crippen molar-refractivity contribution in [3.63, 3.8) is 0 Å². The van der Waals surface area contributed by atoms with E-state index in [1.807, 2.05) is 10.6 Å². The summed E-state index contributed by atoms with van der Waals surface area (Å²) in [6.45, 7) is -0.840. The second-order valence-corrected chi connectivity index (χ2v) is 2.63. The number of urea groups is 2. The largest absolute Gasteiger partial charge is 0.441 e. The van der Waals surface area contributed by atoms with E-state index in [1.54, 1.807) is 0 Å². The normalized spacial score (nSPS) is 9.56. The highest BCUT2D eigenvalue weighted by Crippen LogP contribution is 1.84. The molecule has 0 spiro atoms. The van der Waals surface area contributed by atoms with E-state index in [2.05, 4.69) is 9.47 Å². The summed E-state index contributed by atoms with van der Waals surface area (Å²) in [4.78, 5) is 42.2. The molecule has 18 heavy (non-hydrogen) atoms. The van der Waals surface area contributed by atoms with Gasteiger partial charge in [0.2, 0.25) is 0 Å². The molecule has 100 valence electrons. The quantitative estimate of drug-likeness (QED) is 0.242. The minimum Gasteiger partial charge on any atom is -0.441 e. The van der Waals surface area contributed by atoms with Gasteiger partial charge in [0, 0.05) is 12.2 Å². The van der Waals surface area contributed by atoms with E-state index in [9.17, 15) is 19.2 Å². The van der Waals surface area contributed by atoms with E-state index < -0.39 is 37.5 Å². The highest BCUT2D eigenvalue weighted by atomic mass is 16.5. The van der Waals surface area contributed by atoms with Crippen molar-refractivity contribution in [1.82, 2.24) is 10.6 Å². The number of carbonyl (C=O) groups is 4. The van der Waals surface area contributed by atoms with Crippen LogP contribution in [-0.2, 0) is 19.1 Å². The molecule has 4 amide bonds. The molecule has 0 bridgehead atoms. The van der Waals surface area contributed by atoms with Crippen LogP contribution in [0.1, 0.15) is 0 Å². The van der Waals surface area contributed by atoms with Crippen molar-refractivity contribution in [2.75, 3.05) is 13.5 Å².